The highest BCUT2D eigenvalue weighted by molar-refractivity contribution is 5.42. The van der Waals surface area contributed by atoms with E-state index in [1.807, 2.05) is 31.2 Å². The molecular formula is C28H33F6N3. The summed E-state index contributed by atoms with van der Waals surface area (Å²) in [5, 5.41) is 3.36. The van der Waals surface area contributed by atoms with Crippen LogP contribution in [0.3, 0.4) is 0 Å². The van der Waals surface area contributed by atoms with E-state index < -0.39 is 29.0 Å². The molecule has 1 N–H and O–H groups in total. The van der Waals surface area contributed by atoms with Crippen LogP contribution >= 0.6 is 0 Å². The van der Waals surface area contributed by atoms with E-state index in [9.17, 15) is 26.3 Å². The molecule has 37 heavy (non-hydrogen) atoms. The fourth-order valence-electron chi connectivity index (χ4n) is 6.17. The van der Waals surface area contributed by atoms with Crippen molar-refractivity contribution in [3.05, 3.63) is 70.3 Å². The molecule has 0 radical (unpaired) electrons. The predicted octanol–water partition coefficient (Wildman–Crippen LogP) is 6.03. The maximum Gasteiger partial charge on any atom is 0.416 e. The van der Waals surface area contributed by atoms with E-state index in [0.717, 1.165) is 48.8 Å². The van der Waals surface area contributed by atoms with Gasteiger partial charge in [-0.25, -0.2) is 0 Å². The second kappa shape index (κ2) is 9.89. The zero-order chi connectivity index (χ0) is 26.4. The maximum absolute atomic E-state index is 13.9. The minimum Gasteiger partial charge on any atom is -0.316 e. The van der Waals surface area contributed by atoms with Crippen LogP contribution in [0.5, 0.6) is 0 Å². The van der Waals surface area contributed by atoms with Crippen LogP contribution in [0, 0.1) is 12.8 Å². The molecule has 5 rings (SSSR count). The first-order chi connectivity index (χ1) is 17.5. The Bertz CT molecular complexity index is 1050. The van der Waals surface area contributed by atoms with Crippen molar-refractivity contribution in [3.8, 4) is 0 Å². The highest BCUT2D eigenvalue weighted by atomic mass is 19.4. The Kier molecular flexibility index (Phi) is 7.09. The highest BCUT2D eigenvalue weighted by Crippen LogP contribution is 2.49. The van der Waals surface area contributed by atoms with Crippen LogP contribution in [0.4, 0.5) is 26.3 Å². The van der Waals surface area contributed by atoms with E-state index in [2.05, 4.69) is 15.1 Å². The quantitative estimate of drug-likeness (QED) is 0.481. The van der Waals surface area contributed by atoms with Crippen molar-refractivity contribution < 1.29 is 26.3 Å². The Morgan fingerprint density at radius 1 is 0.865 bits per heavy atom. The molecule has 1 saturated carbocycles. The van der Waals surface area contributed by atoms with Gasteiger partial charge < -0.3 is 10.2 Å². The van der Waals surface area contributed by atoms with Gasteiger partial charge in [-0.1, -0.05) is 29.8 Å². The molecule has 3 aliphatic rings. The first-order valence-corrected chi connectivity index (χ1v) is 13.0. The van der Waals surface area contributed by atoms with Gasteiger partial charge in [0.1, 0.15) is 0 Å². The standard InChI is InChI=1S/C28H33F6N3/c1-19-2-6-21(7-3-19)25-17-35-9-8-26(25,37-12-10-36(11-13-37)18-20-4-5-20)22-14-23(27(29,30)31)16-24(15-22)28(32,33)34/h2-3,6-7,14-16,20,25,35H,4-5,8-13,17-18H2,1H3. The molecule has 2 unspecified atom stereocenters. The van der Waals surface area contributed by atoms with Crippen molar-refractivity contribution in [3.63, 3.8) is 0 Å². The number of alkyl halides is 6. The first kappa shape index (κ1) is 26.5. The first-order valence-electron chi connectivity index (χ1n) is 13.0. The van der Waals surface area contributed by atoms with E-state index >= 15 is 0 Å². The van der Waals surface area contributed by atoms with E-state index in [1.54, 1.807) is 0 Å². The van der Waals surface area contributed by atoms with E-state index in [1.165, 1.54) is 12.8 Å². The van der Waals surface area contributed by atoms with Crippen molar-refractivity contribution in [2.75, 3.05) is 45.8 Å². The molecule has 2 heterocycles. The topological polar surface area (TPSA) is 18.5 Å². The summed E-state index contributed by atoms with van der Waals surface area (Å²) in [5.41, 5.74) is -1.41. The molecule has 3 fully saturated rings. The molecule has 2 aromatic carbocycles. The van der Waals surface area contributed by atoms with E-state index in [-0.39, 0.29) is 17.5 Å². The lowest BCUT2D eigenvalue weighted by Gasteiger charge is -2.54. The highest BCUT2D eigenvalue weighted by Gasteiger charge is 2.50. The van der Waals surface area contributed by atoms with Gasteiger partial charge >= 0.3 is 12.4 Å². The van der Waals surface area contributed by atoms with Crippen LogP contribution in [-0.4, -0.2) is 55.6 Å². The van der Waals surface area contributed by atoms with Gasteiger partial charge in [-0.05, 0) is 68.0 Å². The number of halogens is 6. The zero-order valence-corrected chi connectivity index (χ0v) is 20.9. The van der Waals surface area contributed by atoms with Crippen molar-refractivity contribution in [1.29, 1.82) is 0 Å². The number of hydrogen-bond donors (Lipinski definition) is 1. The van der Waals surface area contributed by atoms with Crippen LogP contribution in [0.1, 0.15) is 53.0 Å². The van der Waals surface area contributed by atoms with E-state index in [0.29, 0.717) is 32.6 Å². The Morgan fingerprint density at radius 2 is 1.46 bits per heavy atom. The van der Waals surface area contributed by atoms with Gasteiger partial charge in [-0.3, -0.25) is 4.90 Å². The molecule has 0 aromatic heterocycles. The van der Waals surface area contributed by atoms with Crippen molar-refractivity contribution in [1.82, 2.24) is 15.1 Å². The third-order valence-electron chi connectivity index (χ3n) is 8.33. The van der Waals surface area contributed by atoms with Crippen LogP contribution in [0.15, 0.2) is 42.5 Å². The fourth-order valence-corrected chi connectivity index (χ4v) is 6.17. The SMILES string of the molecule is Cc1ccc(C2CNCCC2(c2cc(C(F)(F)F)cc(C(F)(F)F)c2)N2CCN(CC3CC3)CC2)cc1. The smallest absolute Gasteiger partial charge is 0.316 e. The summed E-state index contributed by atoms with van der Waals surface area (Å²) in [6.45, 7) is 6.70. The summed E-state index contributed by atoms with van der Waals surface area (Å²) in [5.74, 6) is 0.416. The van der Waals surface area contributed by atoms with Crippen LogP contribution in [0.25, 0.3) is 0 Å². The third-order valence-corrected chi connectivity index (χ3v) is 8.33. The lowest BCUT2D eigenvalue weighted by Crippen LogP contribution is -2.62. The molecule has 0 spiro atoms. The lowest BCUT2D eigenvalue weighted by molar-refractivity contribution is -0.143. The molecule has 1 aliphatic carbocycles. The number of nitrogens with one attached hydrogen (secondary N) is 1. The van der Waals surface area contributed by atoms with Crippen LogP contribution in [-0.2, 0) is 17.9 Å². The summed E-state index contributed by atoms with van der Waals surface area (Å²) in [7, 11) is 0. The molecule has 0 bridgehead atoms. The molecule has 2 aromatic rings. The molecule has 2 atom stereocenters. The number of rotatable bonds is 5. The fraction of sp³-hybridized carbons (Fsp3) is 0.571. The van der Waals surface area contributed by atoms with E-state index in [4.69, 9.17) is 0 Å². The molecule has 0 amide bonds. The number of piperidine rings is 1. The van der Waals surface area contributed by atoms with Crippen LogP contribution < -0.4 is 5.32 Å². The Morgan fingerprint density at radius 3 is 2.00 bits per heavy atom. The van der Waals surface area contributed by atoms with Gasteiger partial charge in [0, 0.05) is 45.2 Å². The Hall–Kier alpha value is -2.10. The minimum atomic E-state index is -4.88. The Balaban J connectivity index is 1.63. The molecular weight excluding hydrogens is 492 g/mol. The maximum atomic E-state index is 13.9. The average molecular weight is 526 g/mol. The van der Waals surface area contributed by atoms with Crippen molar-refractivity contribution >= 4 is 0 Å². The summed E-state index contributed by atoms with van der Waals surface area (Å²) in [6, 6.07) is 10.0. The second-order valence-corrected chi connectivity index (χ2v) is 10.9. The summed E-state index contributed by atoms with van der Waals surface area (Å²) < 4.78 is 83.5. The number of piperazine rings is 1. The van der Waals surface area contributed by atoms with Gasteiger partial charge in [-0.2, -0.15) is 26.3 Å². The second-order valence-electron chi connectivity index (χ2n) is 10.9. The number of aryl methyl sites for hydroxylation is 1. The summed E-state index contributed by atoms with van der Waals surface area (Å²) in [4.78, 5) is 4.56. The number of nitrogens with zero attached hydrogens (tertiary/aromatic N) is 2. The third kappa shape index (κ3) is 5.54. The predicted molar refractivity (Wildman–Crippen MR) is 130 cm³/mol. The number of hydrogen-bond acceptors (Lipinski definition) is 3. The Labute approximate surface area is 213 Å². The van der Waals surface area contributed by atoms with Gasteiger partial charge in [0.25, 0.3) is 0 Å². The van der Waals surface area contributed by atoms with Crippen LogP contribution in [0.2, 0.25) is 0 Å². The molecule has 9 heteroatoms. The molecule has 202 valence electrons. The molecule has 2 aliphatic heterocycles. The average Bonchev–Trinajstić information content (AvgIpc) is 3.68. The van der Waals surface area contributed by atoms with Crippen molar-refractivity contribution in [2.45, 2.75) is 50.0 Å². The molecule has 2 saturated heterocycles. The van der Waals surface area contributed by atoms with Gasteiger partial charge in [0.15, 0.2) is 0 Å². The monoisotopic (exact) mass is 525 g/mol. The van der Waals surface area contributed by atoms with Crippen molar-refractivity contribution in [2.24, 2.45) is 5.92 Å². The zero-order valence-electron chi connectivity index (χ0n) is 20.9. The van der Waals surface area contributed by atoms with Gasteiger partial charge in [0.2, 0.25) is 0 Å². The summed E-state index contributed by atoms with van der Waals surface area (Å²) in [6.07, 6.45) is -6.88. The van der Waals surface area contributed by atoms with Gasteiger partial charge in [-0.15, -0.1) is 0 Å². The lowest BCUT2D eigenvalue weighted by atomic mass is 9.68. The largest absolute Gasteiger partial charge is 0.416 e. The normalized spacial score (nSPS) is 26.4. The molecule has 3 nitrogen and oxygen atoms in total. The van der Waals surface area contributed by atoms with Gasteiger partial charge in [0.05, 0.1) is 16.7 Å². The minimum absolute atomic E-state index is 0.109. The summed E-state index contributed by atoms with van der Waals surface area (Å²) >= 11 is 0. The number of benzene rings is 2.